The van der Waals surface area contributed by atoms with Crippen molar-refractivity contribution in [2.75, 3.05) is 30.9 Å². The van der Waals surface area contributed by atoms with Gasteiger partial charge in [0.25, 0.3) is 0 Å². The van der Waals surface area contributed by atoms with Crippen LogP contribution in [-0.4, -0.2) is 26.2 Å². The SMILES string of the molecule is COc1ccc(C2CC(=O)N(c3cccc(N)c3)C2)cc1OCC=C(C)C. The Labute approximate surface area is 160 Å². The highest BCUT2D eigenvalue weighted by molar-refractivity contribution is 5.96. The molecule has 0 bridgehead atoms. The van der Waals surface area contributed by atoms with Crippen LogP contribution in [0.15, 0.2) is 54.1 Å². The molecule has 1 amide bonds. The number of methoxy groups -OCH3 is 1. The molecule has 0 radical (unpaired) electrons. The van der Waals surface area contributed by atoms with E-state index < -0.39 is 0 Å². The number of nitrogens with zero attached hydrogens (tertiary/aromatic N) is 1. The summed E-state index contributed by atoms with van der Waals surface area (Å²) >= 11 is 0. The Morgan fingerprint density at radius 3 is 2.74 bits per heavy atom. The number of anilines is 2. The molecule has 5 heteroatoms. The molecule has 3 rings (SSSR count). The Balaban J connectivity index is 1.80. The molecule has 2 aromatic rings. The Kier molecular flexibility index (Phi) is 5.69. The van der Waals surface area contributed by atoms with Gasteiger partial charge in [0.1, 0.15) is 6.61 Å². The fourth-order valence-corrected chi connectivity index (χ4v) is 3.23. The van der Waals surface area contributed by atoms with Gasteiger partial charge >= 0.3 is 0 Å². The molecule has 142 valence electrons. The Morgan fingerprint density at radius 1 is 1.22 bits per heavy atom. The number of amides is 1. The number of nitrogen functional groups attached to an aromatic ring is 1. The first kappa shape index (κ1) is 18.8. The summed E-state index contributed by atoms with van der Waals surface area (Å²) in [5, 5.41) is 0. The van der Waals surface area contributed by atoms with Crippen molar-refractivity contribution in [1.29, 1.82) is 0 Å². The van der Waals surface area contributed by atoms with Crippen molar-refractivity contribution < 1.29 is 14.3 Å². The van der Waals surface area contributed by atoms with E-state index in [0.29, 0.717) is 36.8 Å². The maximum absolute atomic E-state index is 12.5. The maximum atomic E-state index is 12.5. The highest BCUT2D eigenvalue weighted by Gasteiger charge is 2.32. The summed E-state index contributed by atoms with van der Waals surface area (Å²) in [6, 6.07) is 13.3. The lowest BCUT2D eigenvalue weighted by molar-refractivity contribution is -0.117. The van der Waals surface area contributed by atoms with Gasteiger partial charge in [-0.3, -0.25) is 4.79 Å². The first-order chi connectivity index (χ1) is 13.0. The first-order valence-corrected chi connectivity index (χ1v) is 9.08. The second-order valence-corrected chi connectivity index (χ2v) is 7.00. The second kappa shape index (κ2) is 8.16. The summed E-state index contributed by atoms with van der Waals surface area (Å²) in [5.41, 5.74) is 9.63. The van der Waals surface area contributed by atoms with E-state index in [1.807, 2.05) is 62.4 Å². The van der Waals surface area contributed by atoms with E-state index in [1.54, 1.807) is 12.0 Å². The third-order valence-corrected chi connectivity index (χ3v) is 4.70. The number of allylic oxidation sites excluding steroid dienone is 1. The zero-order valence-corrected chi connectivity index (χ0v) is 16.1. The molecule has 1 saturated heterocycles. The van der Waals surface area contributed by atoms with E-state index >= 15 is 0 Å². The highest BCUT2D eigenvalue weighted by Crippen LogP contribution is 2.36. The molecule has 1 aliphatic rings. The molecule has 2 aromatic carbocycles. The predicted octanol–water partition coefficient (Wildman–Crippen LogP) is 4.14. The van der Waals surface area contributed by atoms with Crippen molar-refractivity contribution in [3.63, 3.8) is 0 Å². The summed E-state index contributed by atoms with van der Waals surface area (Å²) in [5.74, 6) is 1.60. The lowest BCUT2D eigenvalue weighted by Crippen LogP contribution is -2.24. The number of rotatable bonds is 6. The van der Waals surface area contributed by atoms with Crippen LogP contribution in [0.1, 0.15) is 31.7 Å². The Bertz CT molecular complexity index is 856. The highest BCUT2D eigenvalue weighted by atomic mass is 16.5. The number of benzene rings is 2. The van der Waals surface area contributed by atoms with Crippen molar-refractivity contribution in [1.82, 2.24) is 0 Å². The lowest BCUT2D eigenvalue weighted by Gasteiger charge is -2.18. The van der Waals surface area contributed by atoms with Crippen LogP contribution in [-0.2, 0) is 4.79 Å². The molecule has 1 unspecified atom stereocenters. The summed E-state index contributed by atoms with van der Waals surface area (Å²) in [7, 11) is 1.63. The topological polar surface area (TPSA) is 64.8 Å². The quantitative estimate of drug-likeness (QED) is 0.616. The fraction of sp³-hybridized carbons (Fsp3) is 0.318. The largest absolute Gasteiger partial charge is 0.493 e. The number of hydrogen-bond donors (Lipinski definition) is 1. The molecule has 0 aliphatic carbocycles. The van der Waals surface area contributed by atoms with Crippen LogP contribution in [0.3, 0.4) is 0 Å². The normalized spacial score (nSPS) is 16.3. The monoisotopic (exact) mass is 366 g/mol. The van der Waals surface area contributed by atoms with Crippen LogP contribution < -0.4 is 20.1 Å². The smallest absolute Gasteiger partial charge is 0.227 e. The van der Waals surface area contributed by atoms with E-state index in [0.717, 1.165) is 11.3 Å². The zero-order valence-electron chi connectivity index (χ0n) is 16.1. The summed E-state index contributed by atoms with van der Waals surface area (Å²) in [4.78, 5) is 14.3. The van der Waals surface area contributed by atoms with E-state index in [-0.39, 0.29) is 11.8 Å². The van der Waals surface area contributed by atoms with E-state index in [2.05, 4.69) is 0 Å². The van der Waals surface area contributed by atoms with Crippen molar-refractivity contribution in [2.45, 2.75) is 26.2 Å². The van der Waals surface area contributed by atoms with Gasteiger partial charge in [-0.25, -0.2) is 0 Å². The van der Waals surface area contributed by atoms with Crippen LogP contribution in [0.2, 0.25) is 0 Å². The van der Waals surface area contributed by atoms with Gasteiger partial charge in [0, 0.05) is 30.3 Å². The number of nitrogens with two attached hydrogens (primary N) is 1. The molecule has 2 N–H and O–H groups in total. The van der Waals surface area contributed by atoms with Crippen LogP contribution >= 0.6 is 0 Å². The van der Waals surface area contributed by atoms with E-state index in [9.17, 15) is 4.79 Å². The molecule has 1 heterocycles. The number of carbonyl (C=O) groups excluding carboxylic acids is 1. The van der Waals surface area contributed by atoms with Crippen molar-refractivity contribution in [3.05, 3.63) is 59.7 Å². The number of carbonyl (C=O) groups is 1. The molecule has 1 fully saturated rings. The second-order valence-electron chi connectivity index (χ2n) is 7.00. The number of hydrogen-bond acceptors (Lipinski definition) is 4. The van der Waals surface area contributed by atoms with Crippen LogP contribution in [0, 0.1) is 0 Å². The van der Waals surface area contributed by atoms with Gasteiger partial charge < -0.3 is 20.1 Å². The van der Waals surface area contributed by atoms with Gasteiger partial charge in [0.2, 0.25) is 5.91 Å². The molecule has 27 heavy (non-hydrogen) atoms. The Morgan fingerprint density at radius 2 is 2.04 bits per heavy atom. The first-order valence-electron chi connectivity index (χ1n) is 9.08. The maximum Gasteiger partial charge on any atom is 0.227 e. The standard InChI is InChI=1S/C22H26N2O3/c1-15(2)9-10-27-21-11-16(7-8-20(21)26-3)17-12-22(25)24(14-17)19-6-4-5-18(23)13-19/h4-9,11,13,17H,10,12,14,23H2,1-3H3. The van der Waals surface area contributed by atoms with Crippen LogP contribution in [0.4, 0.5) is 11.4 Å². The summed E-state index contributed by atoms with van der Waals surface area (Å²) in [6.07, 6.45) is 2.49. The summed E-state index contributed by atoms with van der Waals surface area (Å²) in [6.45, 7) is 5.18. The third-order valence-electron chi connectivity index (χ3n) is 4.70. The predicted molar refractivity (Wildman–Crippen MR) is 108 cm³/mol. The van der Waals surface area contributed by atoms with E-state index in [4.69, 9.17) is 15.2 Å². The minimum Gasteiger partial charge on any atom is -0.493 e. The van der Waals surface area contributed by atoms with Gasteiger partial charge in [0.05, 0.1) is 7.11 Å². The molecular formula is C22H26N2O3. The Hall–Kier alpha value is -2.95. The van der Waals surface area contributed by atoms with Gasteiger partial charge in [-0.2, -0.15) is 0 Å². The van der Waals surface area contributed by atoms with E-state index in [1.165, 1.54) is 5.57 Å². The lowest BCUT2D eigenvalue weighted by atomic mass is 9.98. The minimum atomic E-state index is 0.105. The molecule has 1 atom stereocenters. The van der Waals surface area contributed by atoms with Crippen LogP contribution in [0.25, 0.3) is 0 Å². The molecule has 0 spiro atoms. The van der Waals surface area contributed by atoms with Crippen molar-refractivity contribution >= 4 is 17.3 Å². The number of ether oxygens (including phenoxy) is 2. The molecule has 5 nitrogen and oxygen atoms in total. The van der Waals surface area contributed by atoms with Gasteiger partial charge in [-0.1, -0.05) is 17.7 Å². The molecule has 0 saturated carbocycles. The van der Waals surface area contributed by atoms with Gasteiger partial charge in [-0.05, 0) is 55.8 Å². The van der Waals surface area contributed by atoms with Crippen LogP contribution in [0.5, 0.6) is 11.5 Å². The van der Waals surface area contributed by atoms with Gasteiger partial charge in [0.15, 0.2) is 11.5 Å². The third kappa shape index (κ3) is 4.42. The van der Waals surface area contributed by atoms with Crippen molar-refractivity contribution in [2.24, 2.45) is 0 Å². The molecular weight excluding hydrogens is 340 g/mol. The minimum absolute atomic E-state index is 0.105. The fourth-order valence-electron chi connectivity index (χ4n) is 3.23. The molecule has 0 aromatic heterocycles. The average molecular weight is 366 g/mol. The molecule has 1 aliphatic heterocycles. The summed E-state index contributed by atoms with van der Waals surface area (Å²) < 4.78 is 11.3. The van der Waals surface area contributed by atoms with Gasteiger partial charge in [-0.15, -0.1) is 0 Å². The zero-order chi connectivity index (χ0) is 19.4. The van der Waals surface area contributed by atoms with Crippen molar-refractivity contribution in [3.8, 4) is 11.5 Å². The average Bonchev–Trinajstić information content (AvgIpc) is 3.03.